The van der Waals surface area contributed by atoms with Crippen molar-refractivity contribution >= 4 is 27.4 Å². The van der Waals surface area contributed by atoms with Crippen LogP contribution in [0.1, 0.15) is 5.56 Å². The van der Waals surface area contributed by atoms with Crippen molar-refractivity contribution in [2.24, 2.45) is 0 Å². The Hall–Kier alpha value is -2.14. The molecule has 2 N–H and O–H groups in total. The molecule has 0 aliphatic heterocycles. The molecule has 1 aromatic heterocycles. The first-order valence-corrected chi connectivity index (χ1v) is 8.23. The van der Waals surface area contributed by atoms with E-state index in [1.165, 1.54) is 12.1 Å². The van der Waals surface area contributed by atoms with E-state index in [2.05, 4.69) is 15.0 Å². The molecule has 0 aliphatic carbocycles. The Morgan fingerprint density at radius 2 is 2.05 bits per heavy atom. The SMILES string of the molecule is N#Cc1cccnc1NCCNS(=O)(=O)c1cccc(Cl)c1. The first-order valence-electron chi connectivity index (χ1n) is 6.37. The molecule has 0 spiro atoms. The zero-order valence-corrected chi connectivity index (χ0v) is 13.0. The van der Waals surface area contributed by atoms with Gasteiger partial charge in [0.2, 0.25) is 10.0 Å². The van der Waals surface area contributed by atoms with E-state index in [1.807, 2.05) is 6.07 Å². The van der Waals surface area contributed by atoms with Crippen LogP contribution in [-0.2, 0) is 10.0 Å². The van der Waals surface area contributed by atoms with E-state index >= 15 is 0 Å². The van der Waals surface area contributed by atoms with Crippen molar-refractivity contribution in [1.29, 1.82) is 5.26 Å². The van der Waals surface area contributed by atoms with Gasteiger partial charge in [-0.3, -0.25) is 0 Å². The van der Waals surface area contributed by atoms with E-state index in [1.54, 1.807) is 30.5 Å². The van der Waals surface area contributed by atoms with Crippen LogP contribution in [0.4, 0.5) is 5.82 Å². The normalized spacial score (nSPS) is 10.9. The number of halogens is 1. The molecular weight excluding hydrogens is 324 g/mol. The lowest BCUT2D eigenvalue weighted by Crippen LogP contribution is -2.29. The van der Waals surface area contributed by atoms with Crippen molar-refractivity contribution in [2.45, 2.75) is 4.90 Å². The topological polar surface area (TPSA) is 94.9 Å². The van der Waals surface area contributed by atoms with Gasteiger partial charge in [0, 0.05) is 24.3 Å². The number of nitrogens with one attached hydrogen (secondary N) is 2. The van der Waals surface area contributed by atoms with Gasteiger partial charge in [-0.05, 0) is 30.3 Å². The number of nitrogens with zero attached hydrogens (tertiary/aromatic N) is 2. The molecule has 0 atom stereocenters. The highest BCUT2D eigenvalue weighted by atomic mass is 35.5. The van der Waals surface area contributed by atoms with Crippen LogP contribution in [0.5, 0.6) is 0 Å². The molecule has 1 aromatic carbocycles. The van der Waals surface area contributed by atoms with Crippen LogP contribution in [-0.4, -0.2) is 26.5 Å². The van der Waals surface area contributed by atoms with Gasteiger partial charge in [-0.2, -0.15) is 5.26 Å². The number of rotatable bonds is 6. The fraction of sp³-hybridized carbons (Fsp3) is 0.143. The Balaban J connectivity index is 1.92. The minimum atomic E-state index is -3.61. The molecule has 0 saturated carbocycles. The van der Waals surface area contributed by atoms with E-state index in [9.17, 15) is 8.42 Å². The molecule has 0 unspecified atom stereocenters. The van der Waals surface area contributed by atoms with Crippen LogP contribution in [0, 0.1) is 11.3 Å². The second-order valence-corrected chi connectivity index (χ2v) is 6.50. The molecule has 0 radical (unpaired) electrons. The summed E-state index contributed by atoms with van der Waals surface area (Å²) < 4.78 is 26.6. The first kappa shape index (κ1) is 16.2. The monoisotopic (exact) mass is 336 g/mol. The summed E-state index contributed by atoms with van der Waals surface area (Å²) in [6.45, 7) is 0.446. The smallest absolute Gasteiger partial charge is 0.240 e. The number of benzene rings is 1. The van der Waals surface area contributed by atoms with Gasteiger partial charge in [0.05, 0.1) is 10.5 Å². The average molecular weight is 337 g/mol. The molecule has 22 heavy (non-hydrogen) atoms. The summed E-state index contributed by atoms with van der Waals surface area (Å²) in [5, 5.41) is 12.2. The van der Waals surface area contributed by atoms with Gasteiger partial charge in [-0.1, -0.05) is 17.7 Å². The maximum atomic E-state index is 12.1. The van der Waals surface area contributed by atoms with Gasteiger partial charge in [-0.25, -0.2) is 18.1 Å². The van der Waals surface area contributed by atoms with Gasteiger partial charge >= 0.3 is 0 Å². The molecule has 8 heteroatoms. The first-order chi connectivity index (χ1) is 10.5. The van der Waals surface area contributed by atoms with Gasteiger partial charge in [0.15, 0.2) is 0 Å². The maximum absolute atomic E-state index is 12.1. The van der Waals surface area contributed by atoms with Gasteiger partial charge in [-0.15, -0.1) is 0 Å². The van der Waals surface area contributed by atoms with Crippen molar-refractivity contribution in [2.75, 3.05) is 18.4 Å². The molecule has 0 saturated heterocycles. The van der Waals surface area contributed by atoms with Crippen LogP contribution in [0.15, 0.2) is 47.5 Å². The van der Waals surface area contributed by atoms with Crippen molar-refractivity contribution in [3.05, 3.63) is 53.2 Å². The molecule has 6 nitrogen and oxygen atoms in total. The van der Waals surface area contributed by atoms with E-state index in [-0.39, 0.29) is 11.4 Å². The lowest BCUT2D eigenvalue weighted by molar-refractivity contribution is 0.583. The molecule has 0 aliphatic rings. The second-order valence-electron chi connectivity index (χ2n) is 4.29. The van der Waals surface area contributed by atoms with E-state index in [4.69, 9.17) is 16.9 Å². The highest BCUT2D eigenvalue weighted by Gasteiger charge is 2.13. The summed E-state index contributed by atoms with van der Waals surface area (Å²) in [7, 11) is -3.61. The molecular formula is C14H13ClN4O2S. The zero-order valence-electron chi connectivity index (χ0n) is 11.5. The summed E-state index contributed by atoms with van der Waals surface area (Å²) in [6.07, 6.45) is 1.55. The van der Waals surface area contributed by atoms with Crippen molar-refractivity contribution in [1.82, 2.24) is 9.71 Å². The lowest BCUT2D eigenvalue weighted by atomic mass is 10.3. The van der Waals surface area contributed by atoms with E-state index < -0.39 is 10.0 Å². The number of nitriles is 1. The number of pyridine rings is 1. The van der Waals surface area contributed by atoms with Crippen molar-refractivity contribution in [3.63, 3.8) is 0 Å². The Bertz CT molecular complexity index is 802. The molecule has 114 valence electrons. The lowest BCUT2D eigenvalue weighted by Gasteiger charge is -2.09. The summed E-state index contributed by atoms with van der Waals surface area (Å²) in [5.41, 5.74) is 0.403. The molecule has 0 fully saturated rings. The standard InChI is InChI=1S/C14H13ClN4O2S/c15-12-4-1-5-13(9-12)22(20,21)19-8-7-18-14-11(10-16)3-2-6-17-14/h1-6,9,19H,7-8H2,(H,17,18). The molecule has 2 aromatic rings. The number of anilines is 1. The van der Waals surface area contributed by atoms with Gasteiger partial charge < -0.3 is 5.32 Å². The summed E-state index contributed by atoms with van der Waals surface area (Å²) in [4.78, 5) is 4.13. The molecule has 2 rings (SSSR count). The predicted octanol–water partition coefficient (Wildman–Crippen LogP) is 2.00. The summed E-state index contributed by atoms with van der Waals surface area (Å²) in [6, 6.07) is 11.3. The van der Waals surface area contributed by atoms with Crippen molar-refractivity contribution in [3.8, 4) is 6.07 Å². The number of hydrogen-bond acceptors (Lipinski definition) is 5. The Kier molecular flexibility index (Phi) is 5.33. The molecule has 1 heterocycles. The minimum absolute atomic E-state index is 0.107. The molecule has 0 amide bonds. The quantitative estimate of drug-likeness (QED) is 0.787. The van der Waals surface area contributed by atoms with Crippen LogP contribution in [0.3, 0.4) is 0 Å². The average Bonchev–Trinajstić information content (AvgIpc) is 2.52. The fourth-order valence-electron chi connectivity index (χ4n) is 1.72. The van der Waals surface area contributed by atoms with Crippen LogP contribution < -0.4 is 10.0 Å². The van der Waals surface area contributed by atoms with Gasteiger partial charge in [0.1, 0.15) is 11.9 Å². The second kappa shape index (κ2) is 7.22. The van der Waals surface area contributed by atoms with Crippen LogP contribution >= 0.6 is 11.6 Å². The fourth-order valence-corrected chi connectivity index (χ4v) is 3.05. The Labute approximate surface area is 133 Å². The number of hydrogen-bond donors (Lipinski definition) is 2. The molecule has 0 bridgehead atoms. The zero-order chi connectivity index (χ0) is 16.0. The third-order valence-corrected chi connectivity index (χ3v) is 4.44. The predicted molar refractivity (Wildman–Crippen MR) is 84.1 cm³/mol. The maximum Gasteiger partial charge on any atom is 0.240 e. The third kappa shape index (κ3) is 4.18. The Morgan fingerprint density at radius 1 is 1.23 bits per heavy atom. The number of aromatic nitrogens is 1. The highest BCUT2D eigenvalue weighted by Crippen LogP contribution is 2.15. The van der Waals surface area contributed by atoms with Gasteiger partial charge in [0.25, 0.3) is 0 Å². The highest BCUT2D eigenvalue weighted by molar-refractivity contribution is 7.89. The summed E-state index contributed by atoms with van der Waals surface area (Å²) in [5.74, 6) is 0.423. The van der Waals surface area contributed by atoms with Crippen molar-refractivity contribution < 1.29 is 8.42 Å². The summed E-state index contributed by atoms with van der Waals surface area (Å²) >= 11 is 5.78. The van der Waals surface area contributed by atoms with E-state index in [0.29, 0.717) is 22.9 Å². The van der Waals surface area contributed by atoms with Crippen LogP contribution in [0.25, 0.3) is 0 Å². The van der Waals surface area contributed by atoms with Crippen LogP contribution in [0.2, 0.25) is 5.02 Å². The van der Waals surface area contributed by atoms with E-state index in [0.717, 1.165) is 0 Å². The third-order valence-electron chi connectivity index (χ3n) is 2.74. The number of sulfonamides is 1. The Morgan fingerprint density at radius 3 is 2.77 bits per heavy atom. The minimum Gasteiger partial charge on any atom is -0.368 e. The largest absolute Gasteiger partial charge is 0.368 e.